The molecule has 0 aromatic carbocycles. The maximum atomic E-state index is 9.90. The third-order valence-corrected chi connectivity index (χ3v) is 0.911. The smallest absolute Gasteiger partial charge is 0.0822 e. The zero-order valence-corrected chi connectivity index (χ0v) is 5.57. The first-order chi connectivity index (χ1) is 2.39. The van der Waals surface area contributed by atoms with E-state index in [1.54, 1.807) is 0 Å². The third kappa shape index (κ3) is 1.40. The van der Waals surface area contributed by atoms with E-state index in [-0.39, 0.29) is 24.0 Å². The molecule has 0 amide bonds. The van der Waals surface area contributed by atoms with Gasteiger partial charge in [0.05, 0.1) is 13.1 Å². The van der Waals surface area contributed by atoms with E-state index >= 15 is 0 Å². The lowest BCUT2D eigenvalue weighted by molar-refractivity contribution is -0.889. The van der Waals surface area contributed by atoms with E-state index in [0.29, 0.717) is 5.06 Å². The molecule has 0 radical (unpaired) electrons. The first kappa shape index (κ1) is 6.65. The minimum atomic E-state index is 0. The van der Waals surface area contributed by atoms with Crippen molar-refractivity contribution in [1.29, 1.82) is 0 Å². The summed E-state index contributed by atoms with van der Waals surface area (Å²) >= 11 is 0. The number of halogens is 1. The topological polar surface area (TPSA) is 27.5 Å². The Kier molecular flexibility index (Phi) is 3.06. The molecule has 1 aliphatic heterocycles. The van der Waals surface area contributed by atoms with Crippen molar-refractivity contribution in [2.75, 3.05) is 13.1 Å². The molecule has 3 heteroatoms. The first-order valence-corrected chi connectivity index (χ1v) is 1.91. The fourth-order valence-corrected chi connectivity index (χ4v) is 0.321. The van der Waals surface area contributed by atoms with Gasteiger partial charge < -0.3 is 34.2 Å². The van der Waals surface area contributed by atoms with Crippen LogP contribution in [0.25, 0.3) is 0 Å². The minimum Gasteiger partial charge on any atom is -1.00 e. The van der Waals surface area contributed by atoms with E-state index in [0.717, 1.165) is 19.5 Å². The lowest BCUT2D eigenvalue weighted by Crippen LogP contribution is -3.13. The van der Waals surface area contributed by atoms with Crippen LogP contribution in [0.5, 0.6) is 0 Å². The number of rotatable bonds is 0. The summed E-state index contributed by atoms with van der Waals surface area (Å²) in [6.45, 7) is 1.69. The number of hydrogen-bond acceptors (Lipinski definition) is 1. The van der Waals surface area contributed by atoms with Gasteiger partial charge in [-0.25, -0.2) is 0 Å². The van der Waals surface area contributed by atoms with Crippen LogP contribution in [-0.2, 0) is 0 Å². The largest absolute Gasteiger partial charge is 1.00 e. The van der Waals surface area contributed by atoms with Gasteiger partial charge in [0, 0.05) is 6.42 Å². The second-order valence-electron chi connectivity index (χ2n) is 1.39. The van der Waals surface area contributed by atoms with Crippen molar-refractivity contribution in [3.8, 4) is 0 Å². The third-order valence-electron chi connectivity index (χ3n) is 0.911. The Morgan fingerprint density at radius 2 is 1.67 bits per heavy atom. The van der Waals surface area contributed by atoms with Crippen molar-refractivity contribution < 1.29 is 29.0 Å². The van der Waals surface area contributed by atoms with Crippen molar-refractivity contribution in [3.05, 3.63) is 5.21 Å². The van der Waals surface area contributed by atoms with Crippen LogP contribution < -0.4 is 29.0 Å². The maximum Gasteiger partial charge on any atom is 0.0822 e. The fourth-order valence-electron chi connectivity index (χ4n) is 0.321. The van der Waals surface area contributed by atoms with Crippen molar-refractivity contribution in [2.45, 2.75) is 6.42 Å². The quantitative estimate of drug-likeness (QED) is 0.311. The highest BCUT2D eigenvalue weighted by Gasteiger charge is 2.05. The Morgan fingerprint density at radius 1 is 1.33 bits per heavy atom. The van der Waals surface area contributed by atoms with Crippen molar-refractivity contribution >= 4 is 0 Å². The SMILES string of the molecule is [I-].[O-][NH+]1CCC1. The second-order valence-corrected chi connectivity index (χ2v) is 1.39. The molecule has 1 aliphatic rings. The highest BCUT2D eigenvalue weighted by molar-refractivity contribution is 4.40. The zero-order valence-electron chi connectivity index (χ0n) is 3.41. The highest BCUT2D eigenvalue weighted by atomic mass is 127. The van der Waals surface area contributed by atoms with Crippen LogP contribution in [-0.4, -0.2) is 13.1 Å². The Hall–Kier alpha value is 0.650. The molecular formula is C3H7INO-. The lowest BCUT2D eigenvalue weighted by Gasteiger charge is -2.29. The van der Waals surface area contributed by atoms with E-state index in [4.69, 9.17) is 0 Å². The van der Waals surface area contributed by atoms with Crippen LogP contribution in [0.3, 0.4) is 0 Å². The van der Waals surface area contributed by atoms with Gasteiger partial charge in [0.2, 0.25) is 0 Å². The molecule has 1 N–H and O–H groups in total. The summed E-state index contributed by atoms with van der Waals surface area (Å²) in [6, 6.07) is 0. The average Bonchev–Trinajstić information content (AvgIpc) is 1.30. The van der Waals surface area contributed by atoms with Crippen LogP contribution in [0.1, 0.15) is 6.42 Å². The standard InChI is InChI=1S/C3H7NO.HI/c5-4-2-1-3-4;/h4H,1-3H2;1H/p-1. The lowest BCUT2D eigenvalue weighted by atomic mass is 10.3. The van der Waals surface area contributed by atoms with E-state index in [2.05, 4.69) is 0 Å². The predicted molar refractivity (Wildman–Crippen MR) is 18.7 cm³/mol. The summed E-state index contributed by atoms with van der Waals surface area (Å²) in [6.07, 6.45) is 1.14. The molecule has 1 saturated heterocycles. The monoisotopic (exact) mass is 200 g/mol. The summed E-state index contributed by atoms with van der Waals surface area (Å²) in [7, 11) is 0. The van der Waals surface area contributed by atoms with Crippen LogP contribution >= 0.6 is 0 Å². The summed E-state index contributed by atoms with van der Waals surface area (Å²) in [4.78, 5) is 0. The van der Waals surface area contributed by atoms with Gasteiger partial charge in [-0.1, -0.05) is 0 Å². The van der Waals surface area contributed by atoms with E-state index in [1.807, 2.05) is 0 Å². The molecule has 2 nitrogen and oxygen atoms in total. The molecule has 1 fully saturated rings. The summed E-state index contributed by atoms with van der Waals surface area (Å²) in [5.41, 5.74) is 0. The fraction of sp³-hybridized carbons (Fsp3) is 1.00. The molecule has 0 aromatic heterocycles. The van der Waals surface area contributed by atoms with Gasteiger partial charge in [-0.3, -0.25) is 0 Å². The average molecular weight is 200 g/mol. The van der Waals surface area contributed by atoms with Gasteiger partial charge in [0.15, 0.2) is 0 Å². The Labute approximate surface area is 54.1 Å². The van der Waals surface area contributed by atoms with Gasteiger partial charge in [-0.05, 0) is 0 Å². The van der Waals surface area contributed by atoms with Gasteiger partial charge in [-0.2, -0.15) is 0 Å². The molecule has 1 rings (SSSR count). The maximum absolute atomic E-state index is 9.90. The summed E-state index contributed by atoms with van der Waals surface area (Å²) < 4.78 is 0. The number of hydrogen-bond donors (Lipinski definition) is 1. The minimum absolute atomic E-state index is 0. The molecular weight excluding hydrogens is 193 g/mol. The summed E-state index contributed by atoms with van der Waals surface area (Å²) in [5, 5.41) is 10.3. The van der Waals surface area contributed by atoms with Crippen LogP contribution in [0.4, 0.5) is 0 Å². The molecule has 38 valence electrons. The van der Waals surface area contributed by atoms with E-state index < -0.39 is 0 Å². The molecule has 0 unspecified atom stereocenters. The number of quaternary nitrogens is 1. The van der Waals surface area contributed by atoms with Crippen LogP contribution in [0, 0.1) is 5.21 Å². The van der Waals surface area contributed by atoms with Crippen LogP contribution in [0.2, 0.25) is 0 Å². The molecule has 0 bridgehead atoms. The molecule has 0 saturated carbocycles. The summed E-state index contributed by atoms with van der Waals surface area (Å²) in [5.74, 6) is 0. The van der Waals surface area contributed by atoms with Gasteiger partial charge >= 0.3 is 0 Å². The van der Waals surface area contributed by atoms with Crippen molar-refractivity contribution in [2.24, 2.45) is 0 Å². The molecule has 0 spiro atoms. The molecule has 0 atom stereocenters. The molecule has 0 aromatic rings. The van der Waals surface area contributed by atoms with E-state index in [1.165, 1.54) is 0 Å². The normalized spacial score (nSPS) is 21.5. The Morgan fingerprint density at radius 3 is 1.67 bits per heavy atom. The number of nitrogens with one attached hydrogen (secondary N) is 1. The Balaban J connectivity index is 0.000000250. The van der Waals surface area contributed by atoms with E-state index in [9.17, 15) is 5.21 Å². The molecule has 0 aliphatic carbocycles. The van der Waals surface area contributed by atoms with Crippen LogP contribution in [0.15, 0.2) is 0 Å². The highest BCUT2D eigenvalue weighted by Crippen LogP contribution is 1.72. The van der Waals surface area contributed by atoms with Crippen molar-refractivity contribution in [1.82, 2.24) is 0 Å². The van der Waals surface area contributed by atoms with Gasteiger partial charge in [0.25, 0.3) is 0 Å². The second kappa shape index (κ2) is 2.76. The van der Waals surface area contributed by atoms with Crippen molar-refractivity contribution in [3.63, 3.8) is 0 Å². The van der Waals surface area contributed by atoms with Gasteiger partial charge in [0.1, 0.15) is 0 Å². The molecule has 1 heterocycles. The Bertz CT molecular complexity index is 37.8. The zero-order chi connectivity index (χ0) is 3.70. The first-order valence-electron chi connectivity index (χ1n) is 1.91. The predicted octanol–water partition coefficient (Wildman–Crippen LogP) is -4.22. The molecule has 6 heavy (non-hydrogen) atoms. The number of hydroxylamine groups is 2. The van der Waals surface area contributed by atoms with Gasteiger partial charge in [-0.15, -0.1) is 0 Å².